The van der Waals surface area contributed by atoms with E-state index >= 15 is 0 Å². The van der Waals surface area contributed by atoms with Crippen LogP contribution >= 0.6 is 23.2 Å². The number of nitrogens with one attached hydrogen (secondary N) is 1. The third-order valence-corrected chi connectivity index (χ3v) is 3.49. The summed E-state index contributed by atoms with van der Waals surface area (Å²) >= 11 is 12.0. The van der Waals surface area contributed by atoms with Gasteiger partial charge >= 0.3 is 0 Å². The molecule has 1 heterocycles. The summed E-state index contributed by atoms with van der Waals surface area (Å²) in [6.07, 6.45) is 2.30. The van der Waals surface area contributed by atoms with Crippen LogP contribution in [0.5, 0.6) is 0 Å². The van der Waals surface area contributed by atoms with Crippen LogP contribution in [0, 0.1) is 0 Å². The number of nitrogens with zero attached hydrogens (tertiary/aromatic N) is 1. The molecule has 0 unspecified atom stereocenters. The summed E-state index contributed by atoms with van der Waals surface area (Å²) in [6, 6.07) is 3.14. The number of anilines is 2. The molecule has 0 bridgehead atoms. The molecule has 1 aliphatic rings. The lowest BCUT2D eigenvalue weighted by molar-refractivity contribution is -0.117. The second-order valence-electron chi connectivity index (χ2n) is 4.39. The fraction of sp³-hybridized carbons (Fsp3) is 0.417. The molecule has 0 radical (unpaired) electrons. The molecule has 1 fully saturated rings. The molecule has 1 saturated heterocycles. The number of nitrogen functional groups attached to an aromatic ring is 1. The molecule has 1 aliphatic heterocycles. The highest BCUT2D eigenvalue weighted by Gasteiger charge is 2.17. The van der Waals surface area contributed by atoms with Crippen molar-refractivity contribution in [2.24, 2.45) is 0 Å². The Morgan fingerprint density at radius 2 is 1.83 bits per heavy atom. The van der Waals surface area contributed by atoms with Gasteiger partial charge in [-0.1, -0.05) is 23.2 Å². The van der Waals surface area contributed by atoms with E-state index < -0.39 is 0 Å². The summed E-state index contributed by atoms with van der Waals surface area (Å²) < 4.78 is 0. The summed E-state index contributed by atoms with van der Waals surface area (Å²) in [5, 5.41) is 3.45. The Kier molecular flexibility index (Phi) is 4.32. The predicted molar refractivity (Wildman–Crippen MR) is 75.2 cm³/mol. The van der Waals surface area contributed by atoms with Crippen molar-refractivity contribution >= 4 is 40.5 Å². The van der Waals surface area contributed by atoms with Gasteiger partial charge in [0.25, 0.3) is 0 Å². The number of amides is 1. The summed E-state index contributed by atoms with van der Waals surface area (Å²) in [4.78, 5) is 14.0. The Bertz CT molecular complexity index is 436. The largest absolute Gasteiger partial charge is 0.399 e. The quantitative estimate of drug-likeness (QED) is 0.841. The second-order valence-corrected chi connectivity index (χ2v) is 5.21. The van der Waals surface area contributed by atoms with Gasteiger partial charge in [0.05, 0.1) is 22.3 Å². The fourth-order valence-electron chi connectivity index (χ4n) is 2.03. The van der Waals surface area contributed by atoms with Crippen molar-refractivity contribution in [1.29, 1.82) is 0 Å². The molecule has 18 heavy (non-hydrogen) atoms. The number of hydrogen-bond acceptors (Lipinski definition) is 3. The minimum Gasteiger partial charge on any atom is -0.399 e. The Morgan fingerprint density at radius 3 is 2.39 bits per heavy atom. The molecule has 2 rings (SSSR count). The number of hydrogen-bond donors (Lipinski definition) is 2. The summed E-state index contributed by atoms with van der Waals surface area (Å²) in [6.45, 7) is 2.31. The van der Waals surface area contributed by atoms with E-state index in [2.05, 4.69) is 10.2 Å². The number of rotatable bonds is 3. The maximum atomic E-state index is 11.9. The molecule has 0 aromatic heterocycles. The normalized spacial score (nSPS) is 15.9. The molecule has 0 spiro atoms. The molecule has 0 atom stereocenters. The number of carbonyl (C=O) groups is 1. The van der Waals surface area contributed by atoms with Crippen molar-refractivity contribution in [3.05, 3.63) is 22.2 Å². The highest BCUT2D eigenvalue weighted by Crippen LogP contribution is 2.32. The molecule has 98 valence electrons. The third kappa shape index (κ3) is 3.28. The monoisotopic (exact) mass is 287 g/mol. The number of likely N-dealkylation sites (tertiary alicyclic amines) is 1. The Morgan fingerprint density at radius 1 is 1.28 bits per heavy atom. The Balaban J connectivity index is 2.02. The van der Waals surface area contributed by atoms with Gasteiger partial charge in [0.15, 0.2) is 0 Å². The van der Waals surface area contributed by atoms with E-state index in [0.29, 0.717) is 28.0 Å². The predicted octanol–water partition coefficient (Wildman–Crippen LogP) is 2.61. The fourth-order valence-corrected chi connectivity index (χ4v) is 2.63. The smallest absolute Gasteiger partial charge is 0.238 e. The average molecular weight is 288 g/mol. The second kappa shape index (κ2) is 5.78. The maximum Gasteiger partial charge on any atom is 0.238 e. The summed E-state index contributed by atoms with van der Waals surface area (Å²) in [7, 11) is 0. The van der Waals surface area contributed by atoms with Crippen molar-refractivity contribution in [1.82, 2.24) is 4.90 Å². The van der Waals surface area contributed by atoms with E-state index in [1.807, 2.05) is 0 Å². The van der Waals surface area contributed by atoms with Crippen LogP contribution in [0.2, 0.25) is 10.0 Å². The van der Waals surface area contributed by atoms with E-state index in [1.165, 1.54) is 0 Å². The number of nitrogens with two attached hydrogens (primary N) is 1. The highest BCUT2D eigenvalue weighted by atomic mass is 35.5. The molecule has 3 N–H and O–H groups in total. The molecule has 1 aromatic rings. The molecular formula is C12H15Cl2N3O. The van der Waals surface area contributed by atoms with Crippen molar-refractivity contribution in [2.45, 2.75) is 12.8 Å². The van der Waals surface area contributed by atoms with Gasteiger partial charge in [0.1, 0.15) is 0 Å². The average Bonchev–Trinajstić information content (AvgIpc) is 2.76. The SMILES string of the molecule is Nc1cc(Cl)c(NC(=O)CN2CCCC2)c(Cl)c1. The van der Waals surface area contributed by atoms with E-state index in [-0.39, 0.29) is 5.91 Å². The van der Waals surface area contributed by atoms with Crippen LogP contribution in [0.25, 0.3) is 0 Å². The first-order valence-corrected chi connectivity index (χ1v) is 6.58. The minimum absolute atomic E-state index is 0.106. The standard InChI is InChI=1S/C12H15Cl2N3O/c13-9-5-8(15)6-10(14)12(9)16-11(18)7-17-3-1-2-4-17/h5-6H,1-4,7,15H2,(H,16,18). The summed E-state index contributed by atoms with van der Waals surface area (Å²) in [5.74, 6) is -0.106. The molecule has 0 aliphatic carbocycles. The van der Waals surface area contributed by atoms with E-state index in [4.69, 9.17) is 28.9 Å². The van der Waals surface area contributed by atoms with Crippen LogP contribution in [0.15, 0.2) is 12.1 Å². The van der Waals surface area contributed by atoms with Gasteiger partial charge in [0.2, 0.25) is 5.91 Å². The van der Waals surface area contributed by atoms with Crippen LogP contribution in [0.4, 0.5) is 11.4 Å². The van der Waals surface area contributed by atoms with Gasteiger partial charge in [0, 0.05) is 5.69 Å². The lowest BCUT2D eigenvalue weighted by atomic mass is 10.2. The molecule has 1 aromatic carbocycles. The molecule has 4 nitrogen and oxygen atoms in total. The molecule has 0 saturated carbocycles. The van der Waals surface area contributed by atoms with Crippen molar-refractivity contribution < 1.29 is 4.79 Å². The van der Waals surface area contributed by atoms with Crippen molar-refractivity contribution in [2.75, 3.05) is 30.7 Å². The first-order valence-electron chi connectivity index (χ1n) is 5.83. The van der Waals surface area contributed by atoms with Crippen LogP contribution in [-0.2, 0) is 4.79 Å². The number of carbonyl (C=O) groups excluding carboxylic acids is 1. The maximum absolute atomic E-state index is 11.9. The first-order chi connectivity index (χ1) is 8.56. The van der Waals surface area contributed by atoms with Gasteiger partial charge in [-0.25, -0.2) is 0 Å². The van der Waals surface area contributed by atoms with Crippen LogP contribution in [0.3, 0.4) is 0 Å². The number of benzene rings is 1. The van der Waals surface area contributed by atoms with Gasteiger partial charge in [-0.3, -0.25) is 9.69 Å². The minimum atomic E-state index is -0.106. The summed E-state index contributed by atoms with van der Waals surface area (Å²) in [5.41, 5.74) is 6.50. The van der Waals surface area contributed by atoms with Crippen molar-refractivity contribution in [3.63, 3.8) is 0 Å². The van der Waals surface area contributed by atoms with Gasteiger partial charge in [-0.2, -0.15) is 0 Å². The van der Waals surface area contributed by atoms with Gasteiger partial charge < -0.3 is 11.1 Å². The lowest BCUT2D eigenvalue weighted by Gasteiger charge is -2.15. The first kappa shape index (κ1) is 13.5. The van der Waals surface area contributed by atoms with Crippen LogP contribution in [-0.4, -0.2) is 30.4 Å². The zero-order chi connectivity index (χ0) is 13.1. The van der Waals surface area contributed by atoms with Crippen molar-refractivity contribution in [3.8, 4) is 0 Å². The van der Waals surface area contributed by atoms with Crippen LogP contribution < -0.4 is 11.1 Å². The van der Waals surface area contributed by atoms with Gasteiger partial charge in [-0.15, -0.1) is 0 Å². The molecular weight excluding hydrogens is 273 g/mol. The zero-order valence-corrected chi connectivity index (χ0v) is 11.4. The zero-order valence-electron chi connectivity index (χ0n) is 9.88. The molecule has 1 amide bonds. The Hall–Kier alpha value is -0.970. The molecule has 6 heteroatoms. The Labute approximate surface area is 116 Å². The van der Waals surface area contributed by atoms with E-state index in [9.17, 15) is 4.79 Å². The lowest BCUT2D eigenvalue weighted by Crippen LogP contribution is -2.31. The topological polar surface area (TPSA) is 58.4 Å². The van der Waals surface area contributed by atoms with Crippen LogP contribution in [0.1, 0.15) is 12.8 Å². The van der Waals surface area contributed by atoms with E-state index in [0.717, 1.165) is 25.9 Å². The number of halogens is 2. The van der Waals surface area contributed by atoms with Gasteiger partial charge in [-0.05, 0) is 38.1 Å². The van der Waals surface area contributed by atoms with E-state index in [1.54, 1.807) is 12.1 Å². The third-order valence-electron chi connectivity index (χ3n) is 2.89. The highest BCUT2D eigenvalue weighted by molar-refractivity contribution is 6.40.